The van der Waals surface area contributed by atoms with Gasteiger partial charge in [-0.15, -0.1) is 11.3 Å². The van der Waals surface area contributed by atoms with Gasteiger partial charge in [-0.1, -0.05) is 54.4 Å². The van der Waals surface area contributed by atoms with Crippen LogP contribution in [0.15, 0.2) is 54.0 Å². The summed E-state index contributed by atoms with van der Waals surface area (Å²) in [5.41, 5.74) is 4.47. The molecule has 3 nitrogen and oxygen atoms in total. The number of amides is 1. The van der Waals surface area contributed by atoms with Crippen molar-refractivity contribution in [2.75, 3.05) is 6.54 Å². The Hall–Kier alpha value is -1.88. The second kappa shape index (κ2) is 8.87. The standard InChI is InChI=1S/C21H20Cl2N2OS/c1-13(15-3-7-17(22)8-4-15)19(16-5-9-18(23)10-6-16)11-24-21(26)20-14(2)27-12-25-20/h3-10,12-13,19H,11H2,1-2H3,(H,24,26). The summed E-state index contributed by atoms with van der Waals surface area (Å²) < 4.78 is 0. The SMILES string of the molecule is Cc1scnc1C(=O)NCC(c1ccc(Cl)cc1)C(C)c1ccc(Cl)cc1. The largest absolute Gasteiger partial charge is 0.350 e. The lowest BCUT2D eigenvalue weighted by atomic mass is 9.82. The van der Waals surface area contributed by atoms with Crippen molar-refractivity contribution in [3.63, 3.8) is 0 Å². The number of aromatic nitrogens is 1. The van der Waals surface area contributed by atoms with Crippen LogP contribution in [0.3, 0.4) is 0 Å². The molecule has 0 aliphatic heterocycles. The molecule has 6 heteroatoms. The van der Waals surface area contributed by atoms with Gasteiger partial charge in [0, 0.05) is 27.4 Å². The van der Waals surface area contributed by atoms with E-state index in [0.717, 1.165) is 10.4 Å². The van der Waals surface area contributed by atoms with Crippen molar-refractivity contribution in [2.24, 2.45) is 0 Å². The lowest BCUT2D eigenvalue weighted by Gasteiger charge is -2.25. The number of nitrogens with one attached hydrogen (secondary N) is 1. The van der Waals surface area contributed by atoms with Gasteiger partial charge in [0.2, 0.25) is 0 Å². The summed E-state index contributed by atoms with van der Waals surface area (Å²) in [5.74, 6) is 0.127. The van der Waals surface area contributed by atoms with E-state index in [0.29, 0.717) is 22.3 Å². The summed E-state index contributed by atoms with van der Waals surface area (Å²) in [6.07, 6.45) is 0. The number of rotatable bonds is 6. The first-order valence-corrected chi connectivity index (χ1v) is 10.3. The molecule has 3 aromatic rings. The number of carbonyl (C=O) groups is 1. The maximum Gasteiger partial charge on any atom is 0.271 e. The minimum atomic E-state index is -0.143. The number of nitrogens with zero attached hydrogens (tertiary/aromatic N) is 1. The summed E-state index contributed by atoms with van der Waals surface area (Å²) in [5, 5.41) is 4.45. The molecule has 1 heterocycles. The topological polar surface area (TPSA) is 42.0 Å². The van der Waals surface area contributed by atoms with Crippen LogP contribution in [0.2, 0.25) is 10.0 Å². The van der Waals surface area contributed by atoms with E-state index in [-0.39, 0.29) is 17.7 Å². The predicted octanol–water partition coefficient (Wildman–Crippen LogP) is 6.08. The Balaban J connectivity index is 1.83. The summed E-state index contributed by atoms with van der Waals surface area (Å²) >= 11 is 13.5. The molecule has 1 aromatic heterocycles. The molecule has 0 saturated heterocycles. The smallest absolute Gasteiger partial charge is 0.271 e. The number of benzene rings is 2. The van der Waals surface area contributed by atoms with Crippen molar-refractivity contribution in [2.45, 2.75) is 25.7 Å². The number of aryl methyl sites for hydroxylation is 1. The summed E-state index contributed by atoms with van der Waals surface area (Å²) in [6.45, 7) is 4.56. The lowest BCUT2D eigenvalue weighted by Crippen LogP contribution is -2.31. The Morgan fingerprint density at radius 1 is 1.04 bits per heavy atom. The van der Waals surface area contributed by atoms with E-state index in [1.807, 2.05) is 55.5 Å². The van der Waals surface area contributed by atoms with Crippen molar-refractivity contribution in [3.8, 4) is 0 Å². The highest BCUT2D eigenvalue weighted by Crippen LogP contribution is 2.33. The quantitative estimate of drug-likeness (QED) is 0.527. The molecule has 0 fully saturated rings. The zero-order chi connectivity index (χ0) is 19.4. The number of hydrogen-bond donors (Lipinski definition) is 1. The fraction of sp³-hybridized carbons (Fsp3) is 0.238. The minimum Gasteiger partial charge on any atom is -0.350 e. The molecule has 0 saturated carbocycles. The van der Waals surface area contributed by atoms with Crippen molar-refractivity contribution in [1.29, 1.82) is 0 Å². The van der Waals surface area contributed by atoms with Crippen LogP contribution in [-0.2, 0) is 0 Å². The molecule has 0 aliphatic rings. The molecule has 27 heavy (non-hydrogen) atoms. The third-order valence-electron chi connectivity index (χ3n) is 4.74. The Kier molecular flexibility index (Phi) is 6.53. The number of carbonyl (C=O) groups excluding carboxylic acids is 1. The van der Waals surface area contributed by atoms with Crippen LogP contribution in [0, 0.1) is 6.92 Å². The Morgan fingerprint density at radius 3 is 2.11 bits per heavy atom. The number of thiazole rings is 1. The van der Waals surface area contributed by atoms with Crippen LogP contribution in [-0.4, -0.2) is 17.4 Å². The van der Waals surface area contributed by atoms with E-state index in [9.17, 15) is 4.79 Å². The zero-order valence-corrected chi connectivity index (χ0v) is 17.4. The monoisotopic (exact) mass is 418 g/mol. The van der Waals surface area contributed by atoms with Gasteiger partial charge in [0.25, 0.3) is 5.91 Å². The predicted molar refractivity (Wildman–Crippen MR) is 113 cm³/mol. The molecule has 2 unspecified atom stereocenters. The third kappa shape index (κ3) is 4.89. The molecular formula is C21H20Cl2N2OS. The Bertz CT molecular complexity index is 907. The van der Waals surface area contributed by atoms with Crippen LogP contribution in [0.1, 0.15) is 45.3 Å². The Morgan fingerprint density at radius 2 is 1.59 bits per heavy atom. The molecule has 3 rings (SSSR count). The fourth-order valence-electron chi connectivity index (χ4n) is 3.10. The van der Waals surface area contributed by atoms with Gasteiger partial charge in [-0.25, -0.2) is 4.98 Å². The highest BCUT2D eigenvalue weighted by atomic mass is 35.5. The molecule has 0 spiro atoms. The van der Waals surface area contributed by atoms with Crippen LogP contribution in [0.4, 0.5) is 0 Å². The average Bonchev–Trinajstić information content (AvgIpc) is 3.09. The average molecular weight is 419 g/mol. The van der Waals surface area contributed by atoms with Crippen molar-refractivity contribution < 1.29 is 4.79 Å². The van der Waals surface area contributed by atoms with Gasteiger partial charge in [-0.2, -0.15) is 0 Å². The van der Waals surface area contributed by atoms with Crippen molar-refractivity contribution in [3.05, 3.63) is 85.8 Å². The molecule has 0 bridgehead atoms. The summed E-state index contributed by atoms with van der Waals surface area (Å²) in [7, 11) is 0. The first-order chi connectivity index (χ1) is 13.0. The van der Waals surface area contributed by atoms with Crippen molar-refractivity contribution in [1.82, 2.24) is 10.3 Å². The van der Waals surface area contributed by atoms with Crippen LogP contribution >= 0.6 is 34.5 Å². The third-order valence-corrected chi connectivity index (χ3v) is 6.00. The van der Waals surface area contributed by atoms with E-state index < -0.39 is 0 Å². The van der Waals surface area contributed by atoms with E-state index in [1.165, 1.54) is 16.9 Å². The maximum absolute atomic E-state index is 12.5. The molecule has 1 amide bonds. The minimum absolute atomic E-state index is 0.0892. The van der Waals surface area contributed by atoms with Gasteiger partial charge in [0.1, 0.15) is 5.69 Å². The van der Waals surface area contributed by atoms with Gasteiger partial charge >= 0.3 is 0 Å². The van der Waals surface area contributed by atoms with E-state index in [2.05, 4.69) is 17.2 Å². The molecule has 2 aromatic carbocycles. The molecular weight excluding hydrogens is 399 g/mol. The van der Waals surface area contributed by atoms with Gasteiger partial charge in [0.05, 0.1) is 5.51 Å². The van der Waals surface area contributed by atoms with Gasteiger partial charge in [-0.05, 0) is 48.2 Å². The number of halogens is 2. The van der Waals surface area contributed by atoms with Crippen LogP contribution in [0.5, 0.6) is 0 Å². The fourth-order valence-corrected chi connectivity index (χ4v) is 3.93. The van der Waals surface area contributed by atoms with Crippen LogP contribution in [0.25, 0.3) is 0 Å². The molecule has 2 atom stereocenters. The first-order valence-electron chi connectivity index (χ1n) is 8.65. The normalized spacial score (nSPS) is 13.2. The van der Waals surface area contributed by atoms with Crippen LogP contribution < -0.4 is 5.32 Å². The molecule has 1 N–H and O–H groups in total. The number of hydrogen-bond acceptors (Lipinski definition) is 3. The Labute approximate surface area is 173 Å². The second-order valence-electron chi connectivity index (χ2n) is 6.47. The molecule has 0 aliphatic carbocycles. The second-order valence-corrected chi connectivity index (χ2v) is 8.40. The molecule has 0 radical (unpaired) electrons. The van der Waals surface area contributed by atoms with Crippen molar-refractivity contribution >= 4 is 40.4 Å². The van der Waals surface area contributed by atoms with E-state index in [4.69, 9.17) is 23.2 Å². The molecule has 140 valence electrons. The highest BCUT2D eigenvalue weighted by Gasteiger charge is 2.23. The summed E-state index contributed by atoms with van der Waals surface area (Å²) in [4.78, 5) is 17.6. The van der Waals surface area contributed by atoms with E-state index >= 15 is 0 Å². The first kappa shape index (κ1) is 19.9. The maximum atomic E-state index is 12.5. The zero-order valence-electron chi connectivity index (χ0n) is 15.1. The lowest BCUT2D eigenvalue weighted by molar-refractivity contribution is 0.0945. The van der Waals surface area contributed by atoms with Gasteiger partial charge < -0.3 is 5.32 Å². The van der Waals surface area contributed by atoms with Gasteiger partial charge in [0.15, 0.2) is 0 Å². The summed E-state index contributed by atoms with van der Waals surface area (Å²) in [6, 6.07) is 15.6. The van der Waals surface area contributed by atoms with E-state index in [1.54, 1.807) is 5.51 Å². The highest BCUT2D eigenvalue weighted by molar-refractivity contribution is 7.09. The van der Waals surface area contributed by atoms with Gasteiger partial charge in [-0.3, -0.25) is 4.79 Å².